The predicted octanol–water partition coefficient (Wildman–Crippen LogP) is 4.17. The third-order valence-corrected chi connectivity index (χ3v) is 3.60. The van der Waals surface area contributed by atoms with Gasteiger partial charge in [-0.3, -0.25) is 0 Å². The van der Waals surface area contributed by atoms with Gasteiger partial charge >= 0.3 is 6.03 Å². The Morgan fingerprint density at radius 2 is 1.63 bits per heavy atom. The normalized spacial score (nSPS) is 14.6. The standard InChI is InChI=1S/C15H23BrN2O/c1-6-15(5,11-7-9-12(16)10-8-11)18-13(19)17-14(2,3)4/h7-10H,6H2,1-5H3,(H2,17,18,19)/t15-/m1/s1. The third-order valence-electron chi connectivity index (χ3n) is 3.07. The summed E-state index contributed by atoms with van der Waals surface area (Å²) in [7, 11) is 0. The summed E-state index contributed by atoms with van der Waals surface area (Å²) >= 11 is 3.43. The first kappa shape index (κ1) is 16.0. The van der Waals surface area contributed by atoms with Gasteiger partial charge in [-0.05, 0) is 51.8 Å². The molecule has 19 heavy (non-hydrogen) atoms. The summed E-state index contributed by atoms with van der Waals surface area (Å²) in [5.41, 5.74) is 0.497. The number of amides is 2. The summed E-state index contributed by atoms with van der Waals surface area (Å²) in [6.07, 6.45) is 0.826. The molecule has 0 saturated carbocycles. The largest absolute Gasteiger partial charge is 0.334 e. The molecule has 0 aliphatic rings. The first-order valence-electron chi connectivity index (χ1n) is 6.53. The van der Waals surface area contributed by atoms with Gasteiger partial charge in [0, 0.05) is 10.0 Å². The summed E-state index contributed by atoms with van der Waals surface area (Å²) in [5, 5.41) is 6.00. The van der Waals surface area contributed by atoms with Crippen LogP contribution in [0.15, 0.2) is 28.7 Å². The van der Waals surface area contributed by atoms with E-state index in [9.17, 15) is 4.79 Å². The van der Waals surface area contributed by atoms with Gasteiger partial charge in [-0.15, -0.1) is 0 Å². The van der Waals surface area contributed by atoms with Crippen LogP contribution in [0.25, 0.3) is 0 Å². The Morgan fingerprint density at radius 1 is 1.11 bits per heavy atom. The number of hydrogen-bond acceptors (Lipinski definition) is 1. The van der Waals surface area contributed by atoms with Crippen molar-refractivity contribution >= 4 is 22.0 Å². The maximum absolute atomic E-state index is 12.0. The van der Waals surface area contributed by atoms with Crippen LogP contribution < -0.4 is 10.6 Å². The number of halogens is 1. The molecular weight excluding hydrogens is 304 g/mol. The van der Waals surface area contributed by atoms with Crippen LogP contribution in [0.4, 0.5) is 4.79 Å². The number of rotatable bonds is 3. The van der Waals surface area contributed by atoms with Crippen LogP contribution in [-0.4, -0.2) is 11.6 Å². The van der Waals surface area contributed by atoms with Crippen molar-refractivity contribution in [2.75, 3.05) is 0 Å². The fraction of sp³-hybridized carbons (Fsp3) is 0.533. The van der Waals surface area contributed by atoms with Crippen molar-refractivity contribution in [2.24, 2.45) is 0 Å². The van der Waals surface area contributed by atoms with E-state index in [4.69, 9.17) is 0 Å². The van der Waals surface area contributed by atoms with E-state index in [0.717, 1.165) is 16.5 Å². The molecule has 4 heteroatoms. The molecule has 1 atom stereocenters. The molecule has 0 spiro atoms. The van der Waals surface area contributed by atoms with Gasteiger partial charge in [0.2, 0.25) is 0 Å². The fourth-order valence-electron chi connectivity index (χ4n) is 1.80. The van der Waals surface area contributed by atoms with Crippen LogP contribution in [0.5, 0.6) is 0 Å². The van der Waals surface area contributed by atoms with E-state index in [0.29, 0.717) is 0 Å². The number of carbonyl (C=O) groups excluding carboxylic acids is 1. The Bertz CT molecular complexity index is 436. The van der Waals surface area contributed by atoms with Crippen molar-refractivity contribution in [2.45, 2.75) is 52.1 Å². The number of carbonyl (C=O) groups is 1. The van der Waals surface area contributed by atoms with E-state index < -0.39 is 0 Å². The van der Waals surface area contributed by atoms with Crippen molar-refractivity contribution in [3.05, 3.63) is 34.3 Å². The Balaban J connectivity index is 2.86. The highest BCUT2D eigenvalue weighted by Crippen LogP contribution is 2.25. The zero-order valence-corrected chi connectivity index (χ0v) is 13.9. The van der Waals surface area contributed by atoms with Crippen LogP contribution in [0.3, 0.4) is 0 Å². The average molecular weight is 327 g/mol. The monoisotopic (exact) mass is 326 g/mol. The fourth-order valence-corrected chi connectivity index (χ4v) is 2.07. The van der Waals surface area contributed by atoms with Gasteiger partial charge < -0.3 is 10.6 Å². The molecule has 0 unspecified atom stereocenters. The number of urea groups is 1. The van der Waals surface area contributed by atoms with E-state index in [1.165, 1.54) is 0 Å². The molecule has 106 valence electrons. The van der Waals surface area contributed by atoms with Gasteiger partial charge in [-0.2, -0.15) is 0 Å². The van der Waals surface area contributed by atoms with E-state index in [2.05, 4.69) is 33.5 Å². The number of hydrogen-bond donors (Lipinski definition) is 2. The smallest absolute Gasteiger partial charge is 0.315 e. The Morgan fingerprint density at radius 3 is 2.05 bits per heavy atom. The highest BCUT2D eigenvalue weighted by Gasteiger charge is 2.27. The summed E-state index contributed by atoms with van der Waals surface area (Å²) in [6, 6.07) is 7.91. The predicted molar refractivity (Wildman–Crippen MR) is 83.2 cm³/mol. The maximum Gasteiger partial charge on any atom is 0.315 e. The lowest BCUT2D eigenvalue weighted by atomic mass is 9.89. The van der Waals surface area contributed by atoms with Gasteiger partial charge in [0.25, 0.3) is 0 Å². The molecule has 2 N–H and O–H groups in total. The molecule has 0 aliphatic carbocycles. The first-order valence-corrected chi connectivity index (χ1v) is 7.32. The maximum atomic E-state index is 12.0. The second-order valence-corrected chi connectivity index (χ2v) is 6.94. The molecule has 1 rings (SSSR count). The van der Waals surface area contributed by atoms with Crippen LogP contribution >= 0.6 is 15.9 Å². The topological polar surface area (TPSA) is 41.1 Å². The molecule has 0 aromatic heterocycles. The van der Waals surface area contributed by atoms with Crippen LogP contribution in [-0.2, 0) is 5.54 Å². The van der Waals surface area contributed by atoms with Crippen molar-refractivity contribution in [3.8, 4) is 0 Å². The molecule has 0 heterocycles. The molecule has 0 radical (unpaired) electrons. The van der Waals surface area contributed by atoms with Gasteiger partial charge in [-0.1, -0.05) is 35.0 Å². The highest BCUT2D eigenvalue weighted by atomic mass is 79.9. The summed E-state index contributed by atoms with van der Waals surface area (Å²) in [6.45, 7) is 10.0. The van der Waals surface area contributed by atoms with Gasteiger partial charge in [-0.25, -0.2) is 4.79 Å². The van der Waals surface area contributed by atoms with Gasteiger partial charge in [0.05, 0.1) is 5.54 Å². The minimum atomic E-state index is -0.365. The number of nitrogens with one attached hydrogen (secondary N) is 2. The molecule has 2 amide bonds. The first-order chi connectivity index (χ1) is 8.66. The second-order valence-electron chi connectivity index (χ2n) is 6.02. The summed E-state index contributed by atoms with van der Waals surface area (Å²) in [4.78, 5) is 12.0. The quantitative estimate of drug-likeness (QED) is 0.859. The van der Waals surface area contributed by atoms with Gasteiger partial charge in [0.1, 0.15) is 0 Å². The Hall–Kier alpha value is -1.03. The molecule has 0 aliphatic heterocycles. The SMILES string of the molecule is CC[C@@](C)(NC(=O)NC(C)(C)C)c1ccc(Br)cc1. The molecular formula is C15H23BrN2O. The van der Waals surface area contributed by atoms with Crippen LogP contribution in [0, 0.1) is 0 Å². The van der Waals surface area contributed by atoms with E-state index >= 15 is 0 Å². The molecule has 0 saturated heterocycles. The van der Waals surface area contributed by atoms with Crippen molar-refractivity contribution in [1.29, 1.82) is 0 Å². The molecule has 0 fully saturated rings. The lowest BCUT2D eigenvalue weighted by Gasteiger charge is -2.32. The Labute approximate surface area is 124 Å². The van der Waals surface area contributed by atoms with E-state index in [1.54, 1.807) is 0 Å². The minimum absolute atomic E-state index is 0.139. The molecule has 0 bridgehead atoms. The van der Waals surface area contributed by atoms with Crippen molar-refractivity contribution < 1.29 is 4.79 Å². The van der Waals surface area contributed by atoms with E-state index in [1.807, 2.05) is 52.0 Å². The summed E-state index contributed by atoms with van der Waals surface area (Å²) in [5.74, 6) is 0. The van der Waals surface area contributed by atoms with Crippen LogP contribution in [0.2, 0.25) is 0 Å². The minimum Gasteiger partial charge on any atom is -0.334 e. The third kappa shape index (κ3) is 4.86. The lowest BCUT2D eigenvalue weighted by molar-refractivity contribution is 0.217. The highest BCUT2D eigenvalue weighted by molar-refractivity contribution is 9.10. The molecule has 1 aromatic carbocycles. The van der Waals surface area contributed by atoms with Crippen molar-refractivity contribution in [1.82, 2.24) is 10.6 Å². The average Bonchev–Trinajstić information content (AvgIpc) is 2.26. The van der Waals surface area contributed by atoms with Gasteiger partial charge in [0.15, 0.2) is 0 Å². The zero-order chi connectivity index (χ0) is 14.7. The Kier molecular flexibility index (Phi) is 5.02. The molecule has 1 aromatic rings. The van der Waals surface area contributed by atoms with E-state index in [-0.39, 0.29) is 17.1 Å². The summed E-state index contributed by atoms with van der Waals surface area (Å²) < 4.78 is 1.04. The second kappa shape index (κ2) is 5.95. The lowest BCUT2D eigenvalue weighted by Crippen LogP contribution is -2.52. The zero-order valence-electron chi connectivity index (χ0n) is 12.3. The number of benzene rings is 1. The van der Waals surface area contributed by atoms with Crippen LogP contribution in [0.1, 0.15) is 46.6 Å². The van der Waals surface area contributed by atoms with Crippen molar-refractivity contribution in [3.63, 3.8) is 0 Å². The molecule has 3 nitrogen and oxygen atoms in total.